The van der Waals surface area contributed by atoms with Gasteiger partial charge in [-0.3, -0.25) is 10.1 Å². The van der Waals surface area contributed by atoms with Crippen molar-refractivity contribution in [2.45, 2.75) is 32.3 Å². The Kier molecular flexibility index (Phi) is 7.19. The summed E-state index contributed by atoms with van der Waals surface area (Å²) in [6, 6.07) is 9.84. The van der Waals surface area contributed by atoms with E-state index in [0.717, 1.165) is 0 Å². The Labute approximate surface area is 190 Å². The van der Waals surface area contributed by atoms with Crippen LogP contribution in [0, 0.1) is 17.0 Å². The van der Waals surface area contributed by atoms with Crippen LogP contribution in [-0.4, -0.2) is 46.9 Å². The number of hydrogen-bond acceptors (Lipinski definition) is 9. The Morgan fingerprint density at radius 1 is 1.12 bits per heavy atom. The maximum absolute atomic E-state index is 12.8. The Morgan fingerprint density at radius 3 is 2.39 bits per heavy atom. The van der Waals surface area contributed by atoms with Crippen molar-refractivity contribution in [3.8, 4) is 11.5 Å². The smallest absolute Gasteiger partial charge is 0.338 e. The van der Waals surface area contributed by atoms with E-state index >= 15 is 0 Å². The van der Waals surface area contributed by atoms with Crippen LogP contribution in [-0.2, 0) is 21.4 Å². The van der Waals surface area contributed by atoms with Crippen molar-refractivity contribution in [2.75, 3.05) is 13.1 Å². The molecule has 0 unspecified atom stereocenters. The zero-order valence-electron chi connectivity index (χ0n) is 18.2. The number of sulfonamides is 1. The van der Waals surface area contributed by atoms with Gasteiger partial charge in [-0.25, -0.2) is 13.2 Å². The number of esters is 1. The van der Waals surface area contributed by atoms with Gasteiger partial charge in [0.1, 0.15) is 0 Å². The molecule has 33 heavy (non-hydrogen) atoms. The number of carbonyl (C=O) groups excluding carboxylic acids is 1. The average Bonchev–Trinajstić information content (AvgIpc) is 3.27. The number of benzene rings is 2. The summed E-state index contributed by atoms with van der Waals surface area (Å²) in [6.07, 6.45) is 0. The van der Waals surface area contributed by atoms with Crippen LogP contribution in [0.15, 0.2) is 51.8 Å². The molecule has 12 heteroatoms. The molecule has 0 radical (unpaired) electrons. The molecule has 174 valence electrons. The number of hydrogen-bond donors (Lipinski definition) is 0. The zero-order chi connectivity index (χ0) is 24.2. The predicted molar refractivity (Wildman–Crippen MR) is 117 cm³/mol. The minimum absolute atomic E-state index is 0.00185. The second kappa shape index (κ2) is 9.88. The van der Waals surface area contributed by atoms with Crippen LogP contribution in [0.3, 0.4) is 0 Å². The minimum Gasteiger partial charge on any atom is -0.452 e. The molecule has 0 fully saturated rings. The number of aryl methyl sites for hydroxylation is 1. The summed E-state index contributed by atoms with van der Waals surface area (Å²) in [5, 5.41) is 18.4. The van der Waals surface area contributed by atoms with E-state index in [1.54, 1.807) is 26.8 Å². The highest BCUT2D eigenvalue weighted by atomic mass is 32.2. The van der Waals surface area contributed by atoms with Gasteiger partial charge in [-0.1, -0.05) is 19.9 Å². The average molecular weight is 474 g/mol. The lowest BCUT2D eigenvalue weighted by molar-refractivity contribution is -0.384. The van der Waals surface area contributed by atoms with Crippen molar-refractivity contribution in [3.05, 3.63) is 69.6 Å². The molecule has 0 bridgehead atoms. The van der Waals surface area contributed by atoms with Crippen molar-refractivity contribution in [1.29, 1.82) is 0 Å². The van der Waals surface area contributed by atoms with Crippen LogP contribution < -0.4 is 0 Å². The first-order chi connectivity index (χ1) is 15.7. The maximum atomic E-state index is 12.8. The molecule has 11 nitrogen and oxygen atoms in total. The van der Waals surface area contributed by atoms with Gasteiger partial charge in [0.05, 0.1) is 15.4 Å². The number of carbonyl (C=O) groups is 1. The molecule has 0 saturated carbocycles. The van der Waals surface area contributed by atoms with E-state index in [0.29, 0.717) is 24.2 Å². The Balaban J connectivity index is 1.73. The summed E-state index contributed by atoms with van der Waals surface area (Å²) in [5.41, 5.74) is 1.05. The van der Waals surface area contributed by atoms with Crippen molar-refractivity contribution >= 4 is 21.7 Å². The highest BCUT2D eigenvalue weighted by Gasteiger charge is 2.24. The molecule has 0 aliphatic heterocycles. The summed E-state index contributed by atoms with van der Waals surface area (Å²) in [5.74, 6) is -0.611. The van der Waals surface area contributed by atoms with E-state index in [2.05, 4.69) is 10.2 Å². The van der Waals surface area contributed by atoms with Gasteiger partial charge in [-0.15, -0.1) is 10.2 Å². The first-order valence-corrected chi connectivity index (χ1v) is 11.5. The van der Waals surface area contributed by atoms with Crippen LogP contribution in [0.4, 0.5) is 5.69 Å². The molecule has 1 heterocycles. The van der Waals surface area contributed by atoms with Crippen molar-refractivity contribution in [2.24, 2.45) is 0 Å². The van der Waals surface area contributed by atoms with E-state index in [1.165, 1.54) is 40.7 Å². The van der Waals surface area contributed by atoms with Gasteiger partial charge in [0, 0.05) is 30.8 Å². The monoisotopic (exact) mass is 474 g/mol. The van der Waals surface area contributed by atoms with Crippen LogP contribution in [0.5, 0.6) is 0 Å². The normalized spacial score (nSPS) is 11.5. The number of rotatable bonds is 9. The summed E-state index contributed by atoms with van der Waals surface area (Å²) in [4.78, 5) is 22.9. The first-order valence-electron chi connectivity index (χ1n) is 10.0. The standard InChI is InChI=1S/C21H22N4O7S/c1-4-24(5-2)33(29,30)17-11-6-14(3)18(12-17)21(26)31-13-19-22-23-20(32-19)15-7-9-16(10-8-15)25(27)28/h6-12H,4-5,13H2,1-3H3. The van der Waals surface area contributed by atoms with Gasteiger partial charge in [0.15, 0.2) is 6.61 Å². The van der Waals surface area contributed by atoms with Gasteiger partial charge >= 0.3 is 5.97 Å². The van der Waals surface area contributed by atoms with Crippen LogP contribution >= 0.6 is 0 Å². The van der Waals surface area contributed by atoms with Crippen molar-refractivity contribution in [1.82, 2.24) is 14.5 Å². The number of non-ortho nitro benzene ring substituents is 1. The first kappa shape index (κ1) is 24.0. The molecule has 0 N–H and O–H groups in total. The molecule has 3 rings (SSSR count). The quantitative estimate of drug-likeness (QED) is 0.259. The Morgan fingerprint density at radius 2 is 1.79 bits per heavy atom. The highest BCUT2D eigenvalue weighted by molar-refractivity contribution is 7.89. The molecule has 0 spiro atoms. The van der Waals surface area contributed by atoms with E-state index < -0.39 is 20.9 Å². The molecule has 2 aromatic carbocycles. The Hall–Kier alpha value is -3.64. The summed E-state index contributed by atoms with van der Waals surface area (Å²) < 4.78 is 37.5. The third-order valence-electron chi connectivity index (χ3n) is 4.89. The second-order valence-corrected chi connectivity index (χ2v) is 8.89. The second-order valence-electron chi connectivity index (χ2n) is 6.95. The molecule has 1 aromatic heterocycles. The zero-order valence-corrected chi connectivity index (χ0v) is 19.0. The highest BCUT2D eigenvalue weighted by Crippen LogP contribution is 2.23. The summed E-state index contributed by atoms with van der Waals surface area (Å²) in [6.45, 7) is 5.43. The molecular weight excluding hydrogens is 452 g/mol. The predicted octanol–water partition coefficient (Wildman–Crippen LogP) is 3.34. The van der Waals surface area contributed by atoms with Gasteiger partial charge in [-0.2, -0.15) is 4.31 Å². The molecular formula is C21H22N4O7S. The van der Waals surface area contributed by atoms with Gasteiger partial charge in [0.2, 0.25) is 15.9 Å². The lowest BCUT2D eigenvalue weighted by Gasteiger charge is -2.19. The minimum atomic E-state index is -3.73. The SMILES string of the molecule is CCN(CC)S(=O)(=O)c1ccc(C)c(C(=O)OCc2nnc(-c3ccc([N+](=O)[O-])cc3)o2)c1. The fraction of sp³-hybridized carbons (Fsp3) is 0.286. The third kappa shape index (κ3) is 5.23. The van der Waals surface area contributed by atoms with Crippen molar-refractivity contribution in [3.63, 3.8) is 0 Å². The number of nitrogens with zero attached hydrogens (tertiary/aromatic N) is 4. The number of aromatic nitrogens is 2. The summed E-state index contributed by atoms with van der Waals surface area (Å²) >= 11 is 0. The van der Waals surface area contributed by atoms with Crippen LogP contribution in [0.25, 0.3) is 11.5 Å². The third-order valence-corrected chi connectivity index (χ3v) is 6.94. The van der Waals surface area contributed by atoms with Crippen molar-refractivity contribution < 1.29 is 27.3 Å². The van der Waals surface area contributed by atoms with E-state index in [9.17, 15) is 23.3 Å². The molecule has 0 atom stereocenters. The molecule has 0 amide bonds. The fourth-order valence-corrected chi connectivity index (χ4v) is 4.54. The number of nitro benzene ring substituents is 1. The van der Waals surface area contributed by atoms with Crippen LogP contribution in [0.2, 0.25) is 0 Å². The topological polar surface area (TPSA) is 146 Å². The molecule has 0 aliphatic carbocycles. The molecule has 3 aromatic rings. The van der Waals surface area contributed by atoms with E-state index in [-0.39, 0.29) is 34.5 Å². The maximum Gasteiger partial charge on any atom is 0.338 e. The van der Waals surface area contributed by atoms with Gasteiger partial charge < -0.3 is 9.15 Å². The van der Waals surface area contributed by atoms with Gasteiger partial charge in [0.25, 0.3) is 11.6 Å². The number of ether oxygens (including phenoxy) is 1. The molecule has 0 saturated heterocycles. The van der Waals surface area contributed by atoms with E-state index in [1.807, 2.05) is 0 Å². The lowest BCUT2D eigenvalue weighted by atomic mass is 10.1. The van der Waals surface area contributed by atoms with E-state index in [4.69, 9.17) is 9.15 Å². The number of nitro groups is 1. The van der Waals surface area contributed by atoms with Gasteiger partial charge in [-0.05, 0) is 36.8 Å². The lowest BCUT2D eigenvalue weighted by Crippen LogP contribution is -2.30. The summed E-state index contributed by atoms with van der Waals surface area (Å²) in [7, 11) is -3.73. The molecule has 0 aliphatic rings. The largest absolute Gasteiger partial charge is 0.452 e. The Bertz CT molecular complexity index is 1270. The van der Waals surface area contributed by atoms with Crippen LogP contribution in [0.1, 0.15) is 35.7 Å². The fourth-order valence-electron chi connectivity index (χ4n) is 3.05.